The summed E-state index contributed by atoms with van der Waals surface area (Å²) < 4.78 is 14.5. The number of amides is 1. The van der Waals surface area contributed by atoms with Crippen molar-refractivity contribution >= 4 is 30.1 Å². The summed E-state index contributed by atoms with van der Waals surface area (Å²) in [4.78, 5) is 55.8. The number of nitrogens with one attached hydrogen (secondary N) is 1. The molecule has 0 spiro atoms. The van der Waals surface area contributed by atoms with Crippen LogP contribution in [0.25, 0.3) is 0 Å². The number of hydrogen-bond donors (Lipinski definition) is 2. The van der Waals surface area contributed by atoms with E-state index in [1.54, 1.807) is 0 Å². The Labute approximate surface area is 138 Å². The van der Waals surface area contributed by atoms with Crippen molar-refractivity contribution in [2.24, 2.45) is 0 Å². The maximum Gasteiger partial charge on any atom is 0.303 e. The molecule has 0 saturated heterocycles. The largest absolute Gasteiger partial charge is 0.463 e. The van der Waals surface area contributed by atoms with Crippen LogP contribution in [-0.2, 0) is 38.2 Å². The van der Waals surface area contributed by atoms with Gasteiger partial charge in [0.1, 0.15) is 25.0 Å². The standard InChI is InChI=1S/C14H21NO9/c1-7(17)15-11(5-16)13(23-9(3)19)14(24-10(4)20)12(21)6-22-8(2)18/h5,11-14,21H,6H2,1-4H3,(H,15,17)/t11-,12+,13+,14-/m0/s1. The second-order valence-electron chi connectivity index (χ2n) is 4.88. The van der Waals surface area contributed by atoms with Gasteiger partial charge in [-0.15, -0.1) is 0 Å². The Morgan fingerprint density at radius 2 is 1.46 bits per heavy atom. The van der Waals surface area contributed by atoms with E-state index in [1.165, 1.54) is 0 Å². The van der Waals surface area contributed by atoms with E-state index in [4.69, 9.17) is 9.47 Å². The van der Waals surface area contributed by atoms with E-state index in [2.05, 4.69) is 10.1 Å². The van der Waals surface area contributed by atoms with Crippen molar-refractivity contribution in [3.8, 4) is 0 Å². The van der Waals surface area contributed by atoms with Gasteiger partial charge in [0.15, 0.2) is 12.2 Å². The number of rotatable bonds is 9. The van der Waals surface area contributed by atoms with Crippen LogP contribution in [0, 0.1) is 0 Å². The molecule has 24 heavy (non-hydrogen) atoms. The first-order valence-corrected chi connectivity index (χ1v) is 6.96. The highest BCUT2D eigenvalue weighted by Crippen LogP contribution is 2.15. The molecule has 10 nitrogen and oxygen atoms in total. The molecule has 0 aromatic rings. The molecule has 0 heterocycles. The SMILES string of the molecule is CC(=O)N[C@@H](C=O)[C@@H](OC(C)=O)[C@@H](OC(C)=O)[C@H](O)COC(C)=O. The number of hydrogen-bond acceptors (Lipinski definition) is 9. The first-order chi connectivity index (χ1) is 11.1. The lowest BCUT2D eigenvalue weighted by molar-refractivity contribution is -0.182. The number of carbonyl (C=O) groups excluding carboxylic acids is 5. The van der Waals surface area contributed by atoms with Crippen LogP contribution >= 0.6 is 0 Å². The molecular weight excluding hydrogens is 326 g/mol. The zero-order valence-electron chi connectivity index (χ0n) is 13.8. The number of aliphatic hydroxyl groups is 1. The Hall–Kier alpha value is -2.49. The fourth-order valence-electron chi connectivity index (χ4n) is 1.82. The highest BCUT2D eigenvalue weighted by Gasteiger charge is 2.40. The Balaban J connectivity index is 5.55. The van der Waals surface area contributed by atoms with Crippen LogP contribution in [0.2, 0.25) is 0 Å². The van der Waals surface area contributed by atoms with Gasteiger partial charge in [0.05, 0.1) is 0 Å². The first-order valence-electron chi connectivity index (χ1n) is 6.96. The molecule has 0 radical (unpaired) electrons. The van der Waals surface area contributed by atoms with Crippen molar-refractivity contribution in [3.63, 3.8) is 0 Å². The summed E-state index contributed by atoms with van der Waals surface area (Å²) in [5.41, 5.74) is 0. The topological polar surface area (TPSA) is 145 Å². The van der Waals surface area contributed by atoms with Gasteiger partial charge >= 0.3 is 17.9 Å². The zero-order chi connectivity index (χ0) is 18.9. The average molecular weight is 347 g/mol. The van der Waals surface area contributed by atoms with Gasteiger partial charge in [0, 0.05) is 27.7 Å². The third-order valence-corrected chi connectivity index (χ3v) is 2.63. The predicted octanol–water partition coefficient (Wildman–Crippen LogP) is -1.52. The van der Waals surface area contributed by atoms with Crippen LogP contribution in [0.4, 0.5) is 0 Å². The van der Waals surface area contributed by atoms with E-state index in [-0.39, 0.29) is 6.29 Å². The van der Waals surface area contributed by atoms with Crippen molar-refractivity contribution in [1.82, 2.24) is 5.32 Å². The fourth-order valence-corrected chi connectivity index (χ4v) is 1.82. The smallest absolute Gasteiger partial charge is 0.303 e. The lowest BCUT2D eigenvalue weighted by atomic mass is 10.0. The van der Waals surface area contributed by atoms with E-state index in [0.717, 1.165) is 27.7 Å². The molecule has 0 aromatic carbocycles. The Morgan fingerprint density at radius 3 is 1.83 bits per heavy atom. The summed E-state index contributed by atoms with van der Waals surface area (Å²) in [6.45, 7) is 3.72. The van der Waals surface area contributed by atoms with Gasteiger partial charge in [0.25, 0.3) is 0 Å². The maximum atomic E-state index is 11.3. The van der Waals surface area contributed by atoms with Crippen LogP contribution in [0.3, 0.4) is 0 Å². The van der Waals surface area contributed by atoms with E-state index < -0.39 is 54.8 Å². The van der Waals surface area contributed by atoms with Gasteiger partial charge in [-0.3, -0.25) is 19.2 Å². The summed E-state index contributed by atoms with van der Waals surface area (Å²) >= 11 is 0. The molecule has 1 amide bonds. The van der Waals surface area contributed by atoms with Gasteiger partial charge in [0.2, 0.25) is 5.91 Å². The third kappa shape index (κ3) is 8.22. The molecule has 0 saturated carbocycles. The van der Waals surface area contributed by atoms with Crippen molar-refractivity contribution in [2.45, 2.75) is 52.0 Å². The molecule has 4 atom stereocenters. The molecule has 0 fully saturated rings. The molecule has 136 valence electrons. The monoisotopic (exact) mass is 347 g/mol. The number of carbonyl (C=O) groups is 5. The highest BCUT2D eigenvalue weighted by molar-refractivity contribution is 5.78. The molecule has 2 N–H and O–H groups in total. The molecule has 0 rings (SSSR count). The molecule has 0 unspecified atom stereocenters. The Bertz CT molecular complexity index is 491. The van der Waals surface area contributed by atoms with Crippen molar-refractivity contribution < 1.29 is 43.3 Å². The number of esters is 3. The minimum absolute atomic E-state index is 0.268. The lowest BCUT2D eigenvalue weighted by Gasteiger charge is -2.32. The van der Waals surface area contributed by atoms with Crippen LogP contribution in [0.1, 0.15) is 27.7 Å². The number of ether oxygens (including phenoxy) is 3. The quantitative estimate of drug-likeness (QED) is 0.288. The molecule has 0 bridgehead atoms. The molecule has 0 aliphatic heterocycles. The van der Waals surface area contributed by atoms with Gasteiger partial charge in [-0.1, -0.05) is 0 Å². The van der Waals surface area contributed by atoms with E-state index in [0.29, 0.717) is 0 Å². The Morgan fingerprint density at radius 1 is 0.958 bits per heavy atom. The fraction of sp³-hybridized carbons (Fsp3) is 0.643. The summed E-state index contributed by atoms with van der Waals surface area (Å²) in [6, 6.07) is -1.39. The molecule has 0 aliphatic carbocycles. The van der Waals surface area contributed by atoms with Gasteiger partial charge in [-0.25, -0.2) is 0 Å². The number of aldehydes is 1. The minimum atomic E-state index is -1.60. The van der Waals surface area contributed by atoms with Crippen LogP contribution in [-0.4, -0.2) is 66.2 Å². The van der Waals surface area contributed by atoms with Gasteiger partial charge in [-0.05, 0) is 0 Å². The minimum Gasteiger partial charge on any atom is -0.463 e. The van der Waals surface area contributed by atoms with E-state index >= 15 is 0 Å². The normalized spacial score (nSPS) is 15.2. The van der Waals surface area contributed by atoms with Gasteiger partial charge in [-0.2, -0.15) is 0 Å². The van der Waals surface area contributed by atoms with Crippen molar-refractivity contribution in [2.75, 3.05) is 6.61 Å². The van der Waals surface area contributed by atoms with Crippen molar-refractivity contribution in [1.29, 1.82) is 0 Å². The van der Waals surface area contributed by atoms with Crippen LogP contribution in [0.15, 0.2) is 0 Å². The van der Waals surface area contributed by atoms with E-state index in [9.17, 15) is 29.1 Å². The second kappa shape index (κ2) is 10.3. The average Bonchev–Trinajstić information content (AvgIpc) is 2.45. The highest BCUT2D eigenvalue weighted by atomic mass is 16.6. The van der Waals surface area contributed by atoms with E-state index in [1.807, 2.05) is 0 Å². The van der Waals surface area contributed by atoms with Crippen molar-refractivity contribution in [3.05, 3.63) is 0 Å². The predicted molar refractivity (Wildman–Crippen MR) is 77.4 cm³/mol. The maximum absolute atomic E-state index is 11.3. The molecule has 10 heteroatoms. The summed E-state index contributed by atoms with van der Waals surface area (Å²) in [5, 5.41) is 12.3. The lowest BCUT2D eigenvalue weighted by Crippen LogP contribution is -2.56. The molecule has 0 aliphatic rings. The van der Waals surface area contributed by atoms with Gasteiger partial charge < -0.3 is 29.4 Å². The zero-order valence-corrected chi connectivity index (χ0v) is 13.8. The first kappa shape index (κ1) is 21.5. The van der Waals surface area contributed by atoms with Crippen LogP contribution in [0.5, 0.6) is 0 Å². The summed E-state index contributed by atoms with van der Waals surface area (Å²) in [7, 11) is 0. The summed E-state index contributed by atoms with van der Waals surface area (Å²) in [6.07, 6.45) is -4.39. The Kier molecular flexibility index (Phi) is 9.25. The summed E-state index contributed by atoms with van der Waals surface area (Å²) in [5.74, 6) is -2.99. The second-order valence-corrected chi connectivity index (χ2v) is 4.88. The molecular formula is C14H21NO9. The number of aliphatic hydroxyl groups excluding tert-OH is 1. The van der Waals surface area contributed by atoms with Crippen LogP contribution < -0.4 is 5.32 Å². The third-order valence-electron chi connectivity index (χ3n) is 2.63. The molecule has 0 aromatic heterocycles.